The van der Waals surface area contributed by atoms with Crippen molar-refractivity contribution in [1.29, 1.82) is 0 Å². The van der Waals surface area contributed by atoms with Crippen LogP contribution in [0, 0.1) is 0 Å². The second-order valence-corrected chi connectivity index (χ2v) is 3.69. The lowest BCUT2D eigenvalue weighted by Crippen LogP contribution is -1.83. The van der Waals surface area contributed by atoms with E-state index in [4.69, 9.17) is 5.53 Å². The molecule has 1 heterocycles. The van der Waals surface area contributed by atoms with Gasteiger partial charge in [0.15, 0.2) is 5.78 Å². The monoisotopic (exact) mass is 207 g/mol. The zero-order valence-electron chi connectivity index (χ0n) is 7.67. The smallest absolute Gasteiger partial charge is 0.169 e. The summed E-state index contributed by atoms with van der Waals surface area (Å²) in [6.45, 7) is 1.88. The van der Waals surface area contributed by atoms with Crippen LogP contribution in [-0.4, -0.2) is 12.3 Å². The number of thiophene rings is 1. The number of azide groups is 1. The Morgan fingerprint density at radius 2 is 2.50 bits per heavy atom. The van der Waals surface area contributed by atoms with Crippen LogP contribution < -0.4 is 0 Å². The van der Waals surface area contributed by atoms with Crippen molar-refractivity contribution in [3.05, 3.63) is 38.4 Å². The quantitative estimate of drug-likeness (QED) is 0.323. The van der Waals surface area contributed by atoms with Crippen LogP contribution in [0.3, 0.4) is 0 Å². The fourth-order valence-electron chi connectivity index (χ4n) is 0.884. The van der Waals surface area contributed by atoms with Crippen LogP contribution in [0.4, 0.5) is 0 Å². The molecule has 1 aromatic heterocycles. The fraction of sp³-hybridized carbons (Fsp3) is 0.222. The minimum Gasteiger partial charge on any atom is -0.294 e. The Morgan fingerprint density at radius 1 is 1.71 bits per heavy atom. The molecule has 0 aliphatic carbocycles. The lowest BCUT2D eigenvalue weighted by molar-refractivity contribution is 0.102. The van der Waals surface area contributed by atoms with Crippen LogP contribution in [0.5, 0.6) is 0 Å². The van der Waals surface area contributed by atoms with Crippen molar-refractivity contribution in [2.24, 2.45) is 5.11 Å². The lowest BCUT2D eigenvalue weighted by atomic mass is 10.3. The van der Waals surface area contributed by atoms with Crippen LogP contribution in [0.15, 0.2) is 23.3 Å². The summed E-state index contributed by atoms with van der Waals surface area (Å²) in [5.41, 5.74) is 8.02. The Bertz CT molecular complexity index is 402. The van der Waals surface area contributed by atoms with Crippen molar-refractivity contribution in [3.8, 4) is 0 Å². The van der Waals surface area contributed by atoms with Gasteiger partial charge in [-0.05, 0) is 30.7 Å². The Morgan fingerprint density at radius 3 is 3.07 bits per heavy atom. The first-order valence-electron chi connectivity index (χ1n) is 4.02. The first-order valence-corrected chi connectivity index (χ1v) is 4.84. The van der Waals surface area contributed by atoms with Gasteiger partial charge >= 0.3 is 0 Å². The number of rotatable bonds is 4. The molecule has 0 aromatic carbocycles. The average molecular weight is 207 g/mol. The van der Waals surface area contributed by atoms with Crippen molar-refractivity contribution in [1.82, 2.24) is 0 Å². The third-order valence-corrected chi connectivity index (χ3v) is 2.66. The largest absolute Gasteiger partial charge is 0.294 e. The number of nitrogens with zero attached hydrogens (tertiary/aromatic N) is 3. The van der Waals surface area contributed by atoms with Crippen LogP contribution in [-0.2, 0) is 0 Å². The van der Waals surface area contributed by atoms with Gasteiger partial charge in [0.1, 0.15) is 0 Å². The Hall–Kier alpha value is -1.58. The molecule has 0 aliphatic heterocycles. The number of hydrogen-bond donors (Lipinski definition) is 0. The van der Waals surface area contributed by atoms with Gasteiger partial charge in [-0.3, -0.25) is 4.79 Å². The zero-order valence-corrected chi connectivity index (χ0v) is 8.49. The molecule has 72 valence electrons. The molecule has 1 aromatic rings. The molecule has 0 unspecified atom stereocenters. The number of ketones is 1. The molecule has 14 heavy (non-hydrogen) atoms. The zero-order chi connectivity index (χ0) is 10.4. The summed E-state index contributed by atoms with van der Waals surface area (Å²) in [6.07, 6.45) is 3.60. The van der Waals surface area contributed by atoms with Gasteiger partial charge < -0.3 is 0 Å². The maximum Gasteiger partial charge on any atom is 0.169 e. The molecule has 4 nitrogen and oxygen atoms in total. The summed E-state index contributed by atoms with van der Waals surface area (Å²) in [5, 5.41) is 3.36. The Balaban J connectivity index is 2.63. The summed E-state index contributed by atoms with van der Waals surface area (Å²) in [6, 6.07) is 3.66. The molecule has 5 heteroatoms. The van der Waals surface area contributed by atoms with Crippen molar-refractivity contribution >= 4 is 23.2 Å². The van der Waals surface area contributed by atoms with Gasteiger partial charge in [0.05, 0.1) is 4.88 Å². The van der Waals surface area contributed by atoms with E-state index in [-0.39, 0.29) is 5.78 Å². The van der Waals surface area contributed by atoms with Crippen LogP contribution >= 0.6 is 11.3 Å². The van der Waals surface area contributed by atoms with E-state index in [0.29, 0.717) is 6.54 Å². The van der Waals surface area contributed by atoms with Gasteiger partial charge in [-0.2, -0.15) is 0 Å². The summed E-state index contributed by atoms with van der Waals surface area (Å²) in [7, 11) is 0. The highest BCUT2D eigenvalue weighted by Gasteiger charge is 2.00. The van der Waals surface area contributed by atoms with Gasteiger partial charge in [0.25, 0.3) is 0 Å². The Kier molecular flexibility index (Phi) is 3.91. The lowest BCUT2D eigenvalue weighted by Gasteiger charge is -1.83. The molecule has 0 spiro atoms. The van der Waals surface area contributed by atoms with Gasteiger partial charge in [-0.1, -0.05) is 11.2 Å². The molecule has 0 fully saturated rings. The predicted octanol–water partition coefficient (Wildman–Crippen LogP) is 3.27. The predicted molar refractivity (Wildman–Crippen MR) is 57.4 cm³/mol. The van der Waals surface area contributed by atoms with Gasteiger partial charge in [-0.15, -0.1) is 11.3 Å². The Labute approximate surface area is 85.5 Å². The van der Waals surface area contributed by atoms with Crippen molar-refractivity contribution < 1.29 is 4.79 Å². The minimum atomic E-state index is 0.0738. The third-order valence-electron chi connectivity index (χ3n) is 1.51. The van der Waals surface area contributed by atoms with E-state index in [1.165, 1.54) is 11.3 Å². The molecule has 0 atom stereocenters. The van der Waals surface area contributed by atoms with E-state index in [2.05, 4.69) is 10.0 Å². The first-order chi connectivity index (χ1) is 6.74. The number of Topliss-reactive ketones (excluding diaryl/α,β-unsaturated/α-hetero) is 1. The van der Waals surface area contributed by atoms with E-state index >= 15 is 0 Å². The van der Waals surface area contributed by atoms with E-state index in [0.717, 1.165) is 9.75 Å². The standard InChI is InChI=1S/C9H9N3OS/c1-7(13)9-5-4-8(14-9)3-2-6-11-12-10/h2-5H,6H2,1H3. The number of hydrogen-bond acceptors (Lipinski definition) is 3. The van der Waals surface area contributed by atoms with Gasteiger partial charge in [0, 0.05) is 16.3 Å². The maximum absolute atomic E-state index is 11.0. The highest BCUT2D eigenvalue weighted by atomic mass is 32.1. The molecule has 0 saturated heterocycles. The molecule has 0 aliphatic rings. The third kappa shape index (κ3) is 3.05. The fourth-order valence-corrected chi connectivity index (χ4v) is 1.72. The first kappa shape index (κ1) is 10.5. The highest BCUT2D eigenvalue weighted by Crippen LogP contribution is 2.18. The summed E-state index contributed by atoms with van der Waals surface area (Å²) in [4.78, 5) is 15.3. The molecule has 0 radical (unpaired) electrons. The summed E-state index contributed by atoms with van der Waals surface area (Å²) < 4.78 is 0. The van der Waals surface area contributed by atoms with E-state index in [9.17, 15) is 4.79 Å². The normalized spacial score (nSPS) is 10.1. The van der Waals surface area contributed by atoms with Gasteiger partial charge in [-0.25, -0.2) is 0 Å². The molecule has 1 rings (SSSR count). The molecule has 0 saturated carbocycles. The van der Waals surface area contributed by atoms with E-state index in [1.807, 2.05) is 12.1 Å². The number of carbonyl (C=O) groups is 1. The second-order valence-electron chi connectivity index (χ2n) is 2.57. The van der Waals surface area contributed by atoms with Gasteiger partial charge in [0.2, 0.25) is 0 Å². The average Bonchev–Trinajstić information content (AvgIpc) is 2.61. The van der Waals surface area contributed by atoms with E-state index in [1.54, 1.807) is 19.1 Å². The molecule has 0 bridgehead atoms. The van der Waals surface area contributed by atoms with E-state index < -0.39 is 0 Å². The molecular formula is C9H9N3OS. The summed E-state index contributed by atoms with van der Waals surface area (Å²) in [5.74, 6) is 0.0738. The number of carbonyl (C=O) groups excluding carboxylic acids is 1. The van der Waals surface area contributed by atoms with Crippen molar-refractivity contribution in [3.63, 3.8) is 0 Å². The van der Waals surface area contributed by atoms with Crippen LogP contribution in [0.1, 0.15) is 21.5 Å². The van der Waals surface area contributed by atoms with Crippen LogP contribution in [0.25, 0.3) is 16.5 Å². The minimum absolute atomic E-state index is 0.0738. The second kappa shape index (κ2) is 5.21. The molecular weight excluding hydrogens is 198 g/mol. The van der Waals surface area contributed by atoms with Crippen molar-refractivity contribution in [2.75, 3.05) is 6.54 Å². The summed E-state index contributed by atoms with van der Waals surface area (Å²) >= 11 is 1.43. The SMILES string of the molecule is CC(=O)c1ccc(C=CCN=[N+]=[N-])s1. The topological polar surface area (TPSA) is 65.8 Å². The highest BCUT2D eigenvalue weighted by molar-refractivity contribution is 7.14. The van der Waals surface area contributed by atoms with Crippen LogP contribution in [0.2, 0.25) is 0 Å². The molecule has 0 amide bonds. The molecule has 0 N–H and O–H groups in total. The maximum atomic E-state index is 11.0. The van der Waals surface area contributed by atoms with Crippen molar-refractivity contribution in [2.45, 2.75) is 6.92 Å².